The molecule has 0 radical (unpaired) electrons. The highest BCUT2D eigenvalue weighted by atomic mass is 35.5. The summed E-state index contributed by atoms with van der Waals surface area (Å²) in [5.74, 6) is 0. The molecule has 0 saturated carbocycles. The van der Waals surface area contributed by atoms with Crippen molar-refractivity contribution in [2.45, 2.75) is 40.0 Å². The lowest BCUT2D eigenvalue weighted by Crippen LogP contribution is -2.23. The average molecular weight is 187 g/mol. The van der Waals surface area contributed by atoms with Gasteiger partial charge in [-0.2, -0.15) is 0 Å². The van der Waals surface area contributed by atoms with Gasteiger partial charge in [0.15, 0.2) is 0 Å². The van der Waals surface area contributed by atoms with Gasteiger partial charge in [0.1, 0.15) is 0 Å². The van der Waals surface area contributed by atoms with Crippen molar-refractivity contribution in [3.05, 3.63) is 11.1 Å². The minimum absolute atomic E-state index is 0.0127. The van der Waals surface area contributed by atoms with Crippen LogP contribution in [0.4, 0.5) is 0 Å². The van der Waals surface area contributed by atoms with Crippen molar-refractivity contribution in [1.29, 1.82) is 0 Å². The van der Waals surface area contributed by atoms with Gasteiger partial charge in [-0.25, -0.2) is 0 Å². The van der Waals surface area contributed by atoms with E-state index in [4.69, 9.17) is 11.6 Å². The maximum Gasteiger partial charge on any atom is 0.248 e. The van der Waals surface area contributed by atoms with Crippen molar-refractivity contribution in [2.24, 2.45) is 5.41 Å². The van der Waals surface area contributed by atoms with E-state index in [9.17, 15) is 4.79 Å². The maximum absolute atomic E-state index is 11.1. The fourth-order valence-electron chi connectivity index (χ4n) is 2.06. The third-order valence-electron chi connectivity index (χ3n) is 2.65. The molecule has 1 aliphatic carbocycles. The van der Waals surface area contributed by atoms with Crippen LogP contribution in [0.3, 0.4) is 0 Å². The van der Waals surface area contributed by atoms with E-state index in [2.05, 4.69) is 13.8 Å². The summed E-state index contributed by atoms with van der Waals surface area (Å²) >= 11 is 5.54. The first-order valence-electron chi connectivity index (χ1n) is 4.35. The molecule has 0 saturated heterocycles. The summed E-state index contributed by atoms with van der Waals surface area (Å²) in [4.78, 5) is 11.1. The van der Waals surface area contributed by atoms with Crippen LogP contribution < -0.4 is 0 Å². The summed E-state index contributed by atoms with van der Waals surface area (Å²) in [6.07, 6.45) is 3.27. The summed E-state index contributed by atoms with van der Waals surface area (Å²) in [6, 6.07) is 0. The van der Waals surface area contributed by atoms with Crippen LogP contribution in [0.15, 0.2) is 11.1 Å². The van der Waals surface area contributed by atoms with Crippen LogP contribution in [0.25, 0.3) is 0 Å². The lowest BCUT2D eigenvalue weighted by atomic mass is 9.73. The van der Waals surface area contributed by atoms with E-state index in [0.717, 1.165) is 18.4 Å². The minimum atomic E-state index is -0.266. The lowest BCUT2D eigenvalue weighted by molar-refractivity contribution is -0.109. The van der Waals surface area contributed by atoms with E-state index in [0.29, 0.717) is 0 Å². The summed E-state index contributed by atoms with van der Waals surface area (Å²) in [5, 5.41) is -0.266. The number of hydrogen-bond acceptors (Lipinski definition) is 1. The lowest BCUT2D eigenvalue weighted by Gasteiger charge is -2.32. The van der Waals surface area contributed by atoms with E-state index >= 15 is 0 Å². The van der Waals surface area contributed by atoms with Crippen molar-refractivity contribution in [3.63, 3.8) is 0 Å². The number of allylic oxidation sites excluding steroid dienone is 2. The molecule has 68 valence electrons. The number of carbonyl (C=O) groups excluding carboxylic acids is 1. The number of hydrogen-bond donors (Lipinski definition) is 0. The number of rotatable bonds is 1. The van der Waals surface area contributed by atoms with Crippen LogP contribution >= 0.6 is 11.6 Å². The quantitative estimate of drug-likeness (QED) is 0.575. The van der Waals surface area contributed by atoms with Gasteiger partial charge in [0.2, 0.25) is 5.24 Å². The fraction of sp³-hybridized carbons (Fsp3) is 0.700. The Morgan fingerprint density at radius 2 is 2.08 bits per heavy atom. The van der Waals surface area contributed by atoms with Crippen molar-refractivity contribution in [2.75, 3.05) is 0 Å². The van der Waals surface area contributed by atoms with Crippen LogP contribution in [0.5, 0.6) is 0 Å². The molecule has 0 aromatic rings. The third kappa shape index (κ3) is 1.71. The Morgan fingerprint density at radius 1 is 1.50 bits per heavy atom. The molecule has 1 nitrogen and oxygen atoms in total. The molecule has 0 aliphatic heterocycles. The largest absolute Gasteiger partial charge is 0.276 e. The predicted octanol–water partition coefficient (Wildman–Crippen LogP) is 3.28. The fourth-order valence-corrected chi connectivity index (χ4v) is 2.47. The van der Waals surface area contributed by atoms with Gasteiger partial charge in [-0.15, -0.1) is 0 Å². The van der Waals surface area contributed by atoms with Crippen molar-refractivity contribution >= 4 is 16.8 Å². The Bertz CT molecular complexity index is 238. The van der Waals surface area contributed by atoms with Gasteiger partial charge in [0, 0.05) is 5.57 Å². The van der Waals surface area contributed by atoms with Gasteiger partial charge in [-0.05, 0) is 43.2 Å². The average Bonchev–Trinajstić information content (AvgIpc) is 1.82. The molecule has 12 heavy (non-hydrogen) atoms. The van der Waals surface area contributed by atoms with Crippen molar-refractivity contribution in [3.8, 4) is 0 Å². The highest BCUT2D eigenvalue weighted by Gasteiger charge is 2.31. The molecule has 1 rings (SSSR count). The van der Waals surface area contributed by atoms with Gasteiger partial charge >= 0.3 is 0 Å². The minimum Gasteiger partial charge on any atom is -0.276 e. The molecule has 0 spiro atoms. The zero-order valence-corrected chi connectivity index (χ0v) is 8.66. The number of carbonyl (C=O) groups is 1. The first-order valence-corrected chi connectivity index (χ1v) is 4.73. The molecular weight excluding hydrogens is 172 g/mol. The van der Waals surface area contributed by atoms with Gasteiger partial charge in [0.25, 0.3) is 0 Å². The molecule has 0 aromatic heterocycles. The summed E-state index contributed by atoms with van der Waals surface area (Å²) in [5.41, 5.74) is 2.00. The standard InChI is InChI=1S/C10H15ClO/c1-7-5-4-6-10(2,3)8(7)9(11)12/h4-6H2,1-3H3. The highest BCUT2D eigenvalue weighted by Crippen LogP contribution is 2.40. The van der Waals surface area contributed by atoms with E-state index in [1.165, 1.54) is 12.0 Å². The van der Waals surface area contributed by atoms with Gasteiger partial charge in [0.05, 0.1) is 0 Å². The topological polar surface area (TPSA) is 17.1 Å². The second-order valence-corrected chi connectivity index (χ2v) is 4.51. The van der Waals surface area contributed by atoms with E-state index in [1.807, 2.05) is 6.92 Å². The first kappa shape index (κ1) is 9.79. The molecule has 1 aliphatic rings. The van der Waals surface area contributed by atoms with Crippen LogP contribution in [0, 0.1) is 5.41 Å². The normalized spacial score (nSPS) is 22.7. The van der Waals surface area contributed by atoms with Crippen LogP contribution in [0.2, 0.25) is 0 Å². The molecule has 0 bridgehead atoms. The summed E-state index contributed by atoms with van der Waals surface area (Å²) in [6.45, 7) is 6.19. The first-order chi connectivity index (χ1) is 5.45. The molecule has 0 aromatic carbocycles. The zero-order chi connectivity index (χ0) is 9.35. The molecule has 2 heteroatoms. The third-order valence-corrected chi connectivity index (χ3v) is 2.84. The van der Waals surface area contributed by atoms with Gasteiger partial charge in [-0.3, -0.25) is 4.79 Å². The second-order valence-electron chi connectivity index (χ2n) is 4.17. The van der Waals surface area contributed by atoms with Gasteiger partial charge in [-0.1, -0.05) is 19.4 Å². The van der Waals surface area contributed by atoms with Crippen LogP contribution in [-0.2, 0) is 4.79 Å². The molecule has 0 unspecified atom stereocenters. The maximum atomic E-state index is 11.1. The van der Waals surface area contributed by atoms with Crippen molar-refractivity contribution < 1.29 is 4.79 Å². The number of halogens is 1. The molecule has 0 atom stereocenters. The Morgan fingerprint density at radius 3 is 2.42 bits per heavy atom. The van der Waals surface area contributed by atoms with Crippen molar-refractivity contribution in [1.82, 2.24) is 0 Å². The van der Waals surface area contributed by atoms with Crippen LogP contribution in [-0.4, -0.2) is 5.24 Å². The summed E-state index contributed by atoms with van der Waals surface area (Å²) < 4.78 is 0. The SMILES string of the molecule is CC1=C(C(=O)Cl)C(C)(C)CCC1. The molecule has 0 N–H and O–H groups in total. The highest BCUT2D eigenvalue weighted by molar-refractivity contribution is 6.67. The van der Waals surface area contributed by atoms with E-state index in [1.54, 1.807) is 0 Å². The van der Waals surface area contributed by atoms with Crippen LogP contribution in [0.1, 0.15) is 40.0 Å². The Balaban J connectivity index is 3.09. The second kappa shape index (κ2) is 3.21. The molecule has 0 heterocycles. The Kier molecular flexibility index (Phi) is 2.62. The van der Waals surface area contributed by atoms with Gasteiger partial charge < -0.3 is 0 Å². The smallest absolute Gasteiger partial charge is 0.248 e. The predicted molar refractivity (Wildman–Crippen MR) is 51.2 cm³/mol. The molecule has 0 amide bonds. The monoisotopic (exact) mass is 186 g/mol. The molecule has 0 fully saturated rings. The van der Waals surface area contributed by atoms with E-state index < -0.39 is 0 Å². The Hall–Kier alpha value is -0.300. The summed E-state index contributed by atoms with van der Waals surface area (Å²) in [7, 11) is 0. The zero-order valence-electron chi connectivity index (χ0n) is 7.91. The Labute approximate surface area is 78.8 Å². The van der Waals surface area contributed by atoms with E-state index in [-0.39, 0.29) is 10.7 Å². The molecular formula is C10H15ClO.